The van der Waals surface area contributed by atoms with Gasteiger partial charge in [-0.3, -0.25) is 4.79 Å². The summed E-state index contributed by atoms with van der Waals surface area (Å²) in [6.07, 6.45) is 3.97. The molecule has 3 N–H and O–H groups in total. The lowest BCUT2D eigenvalue weighted by Gasteiger charge is -2.28. The third kappa shape index (κ3) is 3.13. The third-order valence-electron chi connectivity index (χ3n) is 5.24. The SMILES string of the molecule is CCC(CC)(CN)C(=O)Nc1ccc2nc(N3CCCC3)sc2c1. The van der Waals surface area contributed by atoms with E-state index in [4.69, 9.17) is 10.7 Å². The standard InChI is InChI=1S/C18H26N4OS/c1-3-18(4-2,12-19)16(23)20-13-7-8-14-15(11-13)24-17(21-14)22-9-5-6-10-22/h7-8,11H,3-6,9-10,12,19H2,1-2H3,(H,20,23). The summed E-state index contributed by atoms with van der Waals surface area (Å²) in [6, 6.07) is 5.94. The van der Waals surface area contributed by atoms with Crippen LogP contribution in [0.3, 0.4) is 0 Å². The second-order valence-electron chi connectivity index (χ2n) is 6.52. The first-order valence-corrected chi connectivity index (χ1v) is 9.60. The van der Waals surface area contributed by atoms with Crippen LogP contribution >= 0.6 is 11.3 Å². The van der Waals surface area contributed by atoms with Crippen molar-refractivity contribution in [1.29, 1.82) is 0 Å². The number of carbonyl (C=O) groups excluding carboxylic acids is 1. The molecule has 0 saturated carbocycles. The fourth-order valence-electron chi connectivity index (χ4n) is 3.25. The Bertz CT molecular complexity index is 709. The molecule has 1 aliphatic rings. The largest absolute Gasteiger partial charge is 0.348 e. The predicted octanol–water partition coefficient (Wildman–Crippen LogP) is 3.60. The number of fused-ring (bicyclic) bond motifs is 1. The average molecular weight is 347 g/mol. The van der Waals surface area contributed by atoms with E-state index >= 15 is 0 Å². The van der Waals surface area contributed by atoms with Crippen LogP contribution in [0.25, 0.3) is 10.2 Å². The first kappa shape index (κ1) is 17.2. The van der Waals surface area contributed by atoms with Crippen molar-refractivity contribution in [2.45, 2.75) is 39.5 Å². The van der Waals surface area contributed by atoms with Crippen LogP contribution in [0.2, 0.25) is 0 Å². The molecule has 1 aromatic carbocycles. The second kappa shape index (κ2) is 7.07. The minimum absolute atomic E-state index is 0.0126. The Balaban J connectivity index is 1.81. The number of carbonyl (C=O) groups is 1. The number of anilines is 2. The number of rotatable bonds is 6. The molecular formula is C18H26N4OS. The van der Waals surface area contributed by atoms with Gasteiger partial charge in [-0.15, -0.1) is 0 Å². The lowest BCUT2D eigenvalue weighted by atomic mass is 9.81. The van der Waals surface area contributed by atoms with Crippen molar-refractivity contribution in [3.8, 4) is 0 Å². The van der Waals surface area contributed by atoms with E-state index < -0.39 is 5.41 Å². The predicted molar refractivity (Wildman–Crippen MR) is 102 cm³/mol. The Morgan fingerprint density at radius 2 is 2.04 bits per heavy atom. The first-order valence-electron chi connectivity index (χ1n) is 8.79. The van der Waals surface area contributed by atoms with Gasteiger partial charge >= 0.3 is 0 Å². The molecule has 0 aliphatic carbocycles. The van der Waals surface area contributed by atoms with Gasteiger partial charge in [0.1, 0.15) is 0 Å². The minimum Gasteiger partial charge on any atom is -0.348 e. The summed E-state index contributed by atoms with van der Waals surface area (Å²) in [5, 5.41) is 4.14. The van der Waals surface area contributed by atoms with Gasteiger partial charge in [0.25, 0.3) is 0 Å². The van der Waals surface area contributed by atoms with Crippen molar-refractivity contribution in [1.82, 2.24) is 4.98 Å². The second-order valence-corrected chi connectivity index (χ2v) is 7.53. The Morgan fingerprint density at radius 1 is 1.33 bits per heavy atom. The van der Waals surface area contributed by atoms with Crippen molar-refractivity contribution >= 4 is 38.3 Å². The highest BCUT2D eigenvalue weighted by Gasteiger charge is 2.33. The number of hydrogen-bond acceptors (Lipinski definition) is 5. The maximum absolute atomic E-state index is 12.7. The van der Waals surface area contributed by atoms with Crippen molar-refractivity contribution in [2.24, 2.45) is 11.1 Å². The summed E-state index contributed by atoms with van der Waals surface area (Å²) in [6.45, 7) is 6.59. The average Bonchev–Trinajstić information content (AvgIpc) is 3.26. The van der Waals surface area contributed by atoms with E-state index in [0.29, 0.717) is 6.54 Å². The van der Waals surface area contributed by atoms with E-state index in [2.05, 4.69) is 10.2 Å². The van der Waals surface area contributed by atoms with Crippen LogP contribution in [-0.2, 0) is 4.79 Å². The molecule has 6 heteroatoms. The summed E-state index contributed by atoms with van der Waals surface area (Å²) in [5.74, 6) is 0.0126. The molecule has 1 aliphatic heterocycles. The molecule has 2 heterocycles. The lowest BCUT2D eigenvalue weighted by Crippen LogP contribution is -2.41. The summed E-state index contributed by atoms with van der Waals surface area (Å²) >= 11 is 1.70. The van der Waals surface area contributed by atoms with Crippen molar-refractivity contribution < 1.29 is 4.79 Å². The third-order valence-corrected chi connectivity index (χ3v) is 6.32. The molecule has 0 unspecified atom stereocenters. The number of aromatic nitrogens is 1. The maximum Gasteiger partial charge on any atom is 0.231 e. The molecule has 130 valence electrons. The molecule has 1 fully saturated rings. The minimum atomic E-state index is -0.483. The summed E-state index contributed by atoms with van der Waals surface area (Å²) in [7, 11) is 0. The van der Waals surface area contributed by atoms with Gasteiger partial charge in [-0.1, -0.05) is 25.2 Å². The molecule has 0 spiro atoms. The number of nitrogens with zero attached hydrogens (tertiary/aromatic N) is 2. The fraction of sp³-hybridized carbons (Fsp3) is 0.556. The Labute approximate surface area is 147 Å². The van der Waals surface area contributed by atoms with E-state index in [1.54, 1.807) is 11.3 Å². The number of benzene rings is 1. The van der Waals surface area contributed by atoms with Crippen molar-refractivity contribution in [2.75, 3.05) is 29.9 Å². The normalized spacial score (nSPS) is 15.2. The van der Waals surface area contributed by atoms with Gasteiger partial charge in [0.15, 0.2) is 5.13 Å². The summed E-state index contributed by atoms with van der Waals surface area (Å²) < 4.78 is 1.11. The van der Waals surface area contributed by atoms with Crippen LogP contribution in [0.1, 0.15) is 39.5 Å². The molecule has 0 atom stereocenters. The van der Waals surface area contributed by atoms with Crippen LogP contribution in [0, 0.1) is 5.41 Å². The van der Waals surface area contributed by atoms with Crippen LogP contribution < -0.4 is 16.0 Å². The fourth-order valence-corrected chi connectivity index (χ4v) is 4.31. The van der Waals surface area contributed by atoms with Crippen LogP contribution in [0.15, 0.2) is 18.2 Å². The van der Waals surface area contributed by atoms with E-state index in [0.717, 1.165) is 47.0 Å². The molecule has 3 rings (SSSR count). The number of amides is 1. The molecule has 0 radical (unpaired) electrons. The Kier molecular flexibility index (Phi) is 5.06. The van der Waals surface area contributed by atoms with E-state index in [9.17, 15) is 4.79 Å². The summed E-state index contributed by atoms with van der Waals surface area (Å²) in [5.41, 5.74) is 7.21. The number of thiazole rings is 1. The number of hydrogen-bond donors (Lipinski definition) is 2. The van der Waals surface area contributed by atoms with Gasteiger partial charge in [-0.05, 0) is 43.9 Å². The maximum atomic E-state index is 12.7. The molecular weight excluding hydrogens is 320 g/mol. The van der Waals surface area contributed by atoms with E-state index in [1.165, 1.54) is 12.8 Å². The van der Waals surface area contributed by atoms with Gasteiger partial charge in [0.05, 0.1) is 15.6 Å². The molecule has 2 aromatic rings. The van der Waals surface area contributed by atoms with Gasteiger partial charge < -0.3 is 16.0 Å². The molecule has 1 saturated heterocycles. The zero-order valence-corrected chi connectivity index (χ0v) is 15.3. The highest BCUT2D eigenvalue weighted by molar-refractivity contribution is 7.22. The Hall–Kier alpha value is -1.66. The van der Waals surface area contributed by atoms with Crippen molar-refractivity contribution in [3.05, 3.63) is 18.2 Å². The topological polar surface area (TPSA) is 71.2 Å². The van der Waals surface area contributed by atoms with Crippen molar-refractivity contribution in [3.63, 3.8) is 0 Å². The number of nitrogens with two attached hydrogens (primary N) is 1. The first-order chi connectivity index (χ1) is 11.6. The van der Waals surface area contributed by atoms with Gasteiger partial charge in [0.2, 0.25) is 5.91 Å². The molecule has 24 heavy (non-hydrogen) atoms. The molecule has 1 aromatic heterocycles. The highest BCUT2D eigenvalue weighted by atomic mass is 32.1. The molecule has 0 bridgehead atoms. The molecule has 5 nitrogen and oxygen atoms in total. The zero-order valence-electron chi connectivity index (χ0n) is 14.5. The highest BCUT2D eigenvalue weighted by Crippen LogP contribution is 2.33. The van der Waals surface area contributed by atoms with Gasteiger partial charge in [-0.25, -0.2) is 4.98 Å². The van der Waals surface area contributed by atoms with Crippen LogP contribution in [0.4, 0.5) is 10.8 Å². The number of nitrogens with one attached hydrogen (secondary N) is 1. The smallest absolute Gasteiger partial charge is 0.231 e. The van der Waals surface area contributed by atoms with E-state index in [-0.39, 0.29) is 5.91 Å². The van der Waals surface area contributed by atoms with Crippen LogP contribution in [-0.4, -0.2) is 30.5 Å². The van der Waals surface area contributed by atoms with Crippen LogP contribution in [0.5, 0.6) is 0 Å². The zero-order chi connectivity index (χ0) is 17.2. The lowest BCUT2D eigenvalue weighted by molar-refractivity contribution is -0.125. The summed E-state index contributed by atoms with van der Waals surface area (Å²) in [4.78, 5) is 19.7. The van der Waals surface area contributed by atoms with E-state index in [1.807, 2.05) is 32.0 Å². The van der Waals surface area contributed by atoms with Gasteiger partial charge in [-0.2, -0.15) is 0 Å². The quantitative estimate of drug-likeness (QED) is 0.838. The monoisotopic (exact) mass is 346 g/mol. The molecule has 1 amide bonds. The Morgan fingerprint density at radius 3 is 2.67 bits per heavy atom. The van der Waals surface area contributed by atoms with Gasteiger partial charge in [0, 0.05) is 25.3 Å².